The summed E-state index contributed by atoms with van der Waals surface area (Å²) < 4.78 is 21.2. The number of hydrogen-bond donors (Lipinski definition) is 1. The molecule has 1 aliphatic heterocycles. The van der Waals surface area contributed by atoms with E-state index in [-0.39, 0.29) is 17.7 Å². The number of fused-ring (bicyclic) bond motifs is 1. The molecule has 1 aliphatic rings. The van der Waals surface area contributed by atoms with E-state index in [1.165, 1.54) is 21.9 Å². The number of piperazine rings is 1. The molecule has 0 saturated carbocycles. The highest BCUT2D eigenvalue weighted by molar-refractivity contribution is 7.17. The SMILES string of the molecule is Oc1c(C(c2ccc(Cl)cc2)N2CCN(c3ccccc3F)CC2)sc2nc(-c3ccco3)nn12. The van der Waals surface area contributed by atoms with Gasteiger partial charge in [-0.1, -0.05) is 47.2 Å². The maximum absolute atomic E-state index is 14.3. The van der Waals surface area contributed by atoms with Crippen LogP contribution in [0.2, 0.25) is 5.02 Å². The normalized spacial score (nSPS) is 15.7. The van der Waals surface area contributed by atoms with Gasteiger partial charge in [-0.15, -0.1) is 5.10 Å². The molecule has 0 radical (unpaired) electrons. The summed E-state index contributed by atoms with van der Waals surface area (Å²) in [5, 5.41) is 16.3. The van der Waals surface area contributed by atoms with Crippen molar-refractivity contribution in [2.24, 2.45) is 0 Å². The molecule has 1 fully saturated rings. The summed E-state index contributed by atoms with van der Waals surface area (Å²) in [4.78, 5) is 10.2. The lowest BCUT2D eigenvalue weighted by Crippen LogP contribution is -2.48. The zero-order valence-electron chi connectivity index (χ0n) is 18.5. The predicted octanol–water partition coefficient (Wildman–Crippen LogP) is 5.46. The van der Waals surface area contributed by atoms with Gasteiger partial charge in [0.15, 0.2) is 5.76 Å². The number of hydrogen-bond acceptors (Lipinski definition) is 7. The largest absolute Gasteiger partial charge is 0.492 e. The zero-order valence-corrected chi connectivity index (χ0v) is 20.1. The number of aromatic hydroxyl groups is 1. The number of benzene rings is 2. The highest BCUT2D eigenvalue weighted by Gasteiger charge is 2.32. The standard InChI is InChI=1S/C25H21ClFN5O2S/c26-17-9-7-16(8-10-17)21(31-13-11-30(12-14-31)19-5-2-1-4-18(19)27)22-24(33)32-25(35-22)28-23(29-32)20-6-3-15-34-20/h1-10,15,21,33H,11-14H2. The van der Waals surface area contributed by atoms with Crippen LogP contribution in [0.5, 0.6) is 5.88 Å². The minimum Gasteiger partial charge on any atom is -0.492 e. The van der Waals surface area contributed by atoms with Gasteiger partial charge in [0.25, 0.3) is 0 Å². The Bertz CT molecular complexity index is 1460. The molecule has 0 amide bonds. The van der Waals surface area contributed by atoms with Crippen LogP contribution in [0.15, 0.2) is 71.3 Å². The topological polar surface area (TPSA) is 70.0 Å². The molecule has 0 spiro atoms. The van der Waals surface area contributed by atoms with E-state index in [0.717, 1.165) is 10.4 Å². The van der Waals surface area contributed by atoms with Gasteiger partial charge in [0.2, 0.25) is 16.7 Å². The molecule has 1 N–H and O–H groups in total. The minimum absolute atomic E-state index is 0.0480. The van der Waals surface area contributed by atoms with E-state index in [4.69, 9.17) is 16.0 Å². The van der Waals surface area contributed by atoms with Crippen molar-refractivity contribution in [1.29, 1.82) is 0 Å². The van der Waals surface area contributed by atoms with Crippen molar-refractivity contribution in [1.82, 2.24) is 19.5 Å². The second-order valence-electron chi connectivity index (χ2n) is 8.33. The number of halogens is 2. The fourth-order valence-electron chi connectivity index (χ4n) is 4.54. The zero-order chi connectivity index (χ0) is 23.9. The summed E-state index contributed by atoms with van der Waals surface area (Å²) in [6.45, 7) is 2.70. The summed E-state index contributed by atoms with van der Waals surface area (Å²) in [6.07, 6.45) is 1.56. The van der Waals surface area contributed by atoms with Crippen molar-refractivity contribution in [3.05, 3.63) is 88.2 Å². The summed E-state index contributed by atoms with van der Waals surface area (Å²) in [5.41, 5.74) is 1.61. The maximum Gasteiger partial charge on any atom is 0.230 e. The van der Waals surface area contributed by atoms with Gasteiger partial charge < -0.3 is 14.4 Å². The van der Waals surface area contributed by atoms with Crippen molar-refractivity contribution in [3.63, 3.8) is 0 Å². The third kappa shape index (κ3) is 4.05. The lowest BCUT2D eigenvalue weighted by atomic mass is 10.0. The van der Waals surface area contributed by atoms with Crippen LogP contribution in [-0.4, -0.2) is 50.8 Å². The Morgan fingerprint density at radius 3 is 2.46 bits per heavy atom. The molecule has 10 heteroatoms. The molecule has 2 aromatic carbocycles. The Labute approximate surface area is 209 Å². The first-order chi connectivity index (χ1) is 17.1. The Kier molecular flexibility index (Phi) is 5.68. The van der Waals surface area contributed by atoms with Gasteiger partial charge in [0.1, 0.15) is 5.82 Å². The Hall–Kier alpha value is -3.40. The first-order valence-corrected chi connectivity index (χ1v) is 12.4. The van der Waals surface area contributed by atoms with Gasteiger partial charge in [0.05, 0.1) is 22.9 Å². The number of para-hydroxylation sites is 1. The number of rotatable bonds is 5. The van der Waals surface area contributed by atoms with E-state index in [1.54, 1.807) is 24.5 Å². The van der Waals surface area contributed by atoms with Gasteiger partial charge in [-0.3, -0.25) is 4.90 Å². The van der Waals surface area contributed by atoms with Crippen molar-refractivity contribution in [2.45, 2.75) is 6.04 Å². The van der Waals surface area contributed by atoms with Crippen molar-refractivity contribution < 1.29 is 13.9 Å². The van der Waals surface area contributed by atoms with E-state index < -0.39 is 0 Å². The van der Waals surface area contributed by atoms with Crippen LogP contribution in [0.3, 0.4) is 0 Å². The lowest BCUT2D eigenvalue weighted by Gasteiger charge is -2.40. The number of aromatic nitrogens is 3. The van der Waals surface area contributed by atoms with Gasteiger partial charge in [-0.25, -0.2) is 4.39 Å². The fraction of sp³-hybridized carbons (Fsp3) is 0.200. The van der Waals surface area contributed by atoms with E-state index in [1.807, 2.05) is 36.4 Å². The summed E-state index contributed by atoms with van der Waals surface area (Å²) in [7, 11) is 0. The molecule has 1 unspecified atom stereocenters. The smallest absolute Gasteiger partial charge is 0.230 e. The second-order valence-corrected chi connectivity index (χ2v) is 9.77. The molecule has 0 bridgehead atoms. The van der Waals surface area contributed by atoms with Crippen LogP contribution < -0.4 is 4.90 Å². The average molecular weight is 510 g/mol. The van der Waals surface area contributed by atoms with Gasteiger partial charge in [0, 0.05) is 31.2 Å². The first-order valence-electron chi connectivity index (χ1n) is 11.2. The number of thiazole rings is 1. The third-order valence-corrected chi connectivity index (χ3v) is 7.57. The van der Waals surface area contributed by atoms with Gasteiger partial charge >= 0.3 is 0 Å². The average Bonchev–Trinajstić information content (AvgIpc) is 3.60. The van der Waals surface area contributed by atoms with Crippen molar-refractivity contribution in [2.75, 3.05) is 31.1 Å². The van der Waals surface area contributed by atoms with Crippen molar-refractivity contribution in [3.8, 4) is 17.5 Å². The first kappa shape index (κ1) is 22.1. The molecule has 7 nitrogen and oxygen atoms in total. The minimum atomic E-state index is -0.226. The molecule has 178 valence electrons. The summed E-state index contributed by atoms with van der Waals surface area (Å²) in [6, 6.07) is 17.8. The molecular weight excluding hydrogens is 489 g/mol. The number of nitrogens with zero attached hydrogens (tertiary/aromatic N) is 5. The van der Waals surface area contributed by atoms with Gasteiger partial charge in [-0.2, -0.15) is 9.50 Å². The third-order valence-electron chi connectivity index (χ3n) is 6.25. The number of furan rings is 1. The molecule has 0 aliphatic carbocycles. The molecule has 1 saturated heterocycles. The van der Waals surface area contributed by atoms with Crippen molar-refractivity contribution >= 4 is 33.6 Å². The maximum atomic E-state index is 14.3. The summed E-state index contributed by atoms with van der Waals surface area (Å²) in [5.74, 6) is 0.794. The quantitative estimate of drug-likeness (QED) is 0.339. The lowest BCUT2D eigenvalue weighted by molar-refractivity contribution is 0.210. The van der Waals surface area contributed by atoms with Gasteiger partial charge in [-0.05, 0) is 42.0 Å². The van der Waals surface area contributed by atoms with Crippen LogP contribution in [0, 0.1) is 5.82 Å². The fourth-order valence-corrected chi connectivity index (χ4v) is 5.78. The molecule has 1 atom stereocenters. The predicted molar refractivity (Wildman–Crippen MR) is 134 cm³/mol. The van der Waals surface area contributed by atoms with E-state index in [2.05, 4.69) is 19.9 Å². The van der Waals surface area contributed by atoms with E-state index >= 15 is 0 Å². The molecule has 5 aromatic rings. The van der Waals surface area contributed by atoms with Crippen LogP contribution >= 0.6 is 22.9 Å². The number of anilines is 1. The van der Waals surface area contributed by atoms with E-state index in [9.17, 15) is 9.50 Å². The Balaban J connectivity index is 1.34. The molecule has 35 heavy (non-hydrogen) atoms. The van der Waals surface area contributed by atoms with Crippen LogP contribution in [0.4, 0.5) is 10.1 Å². The Morgan fingerprint density at radius 2 is 1.77 bits per heavy atom. The monoisotopic (exact) mass is 509 g/mol. The highest BCUT2D eigenvalue weighted by atomic mass is 35.5. The highest BCUT2D eigenvalue weighted by Crippen LogP contribution is 2.41. The molecule has 6 rings (SSSR count). The molecule has 3 aromatic heterocycles. The van der Waals surface area contributed by atoms with Crippen LogP contribution in [0.25, 0.3) is 16.5 Å². The summed E-state index contributed by atoms with van der Waals surface area (Å²) >= 11 is 7.55. The second kappa shape index (κ2) is 8.99. The van der Waals surface area contributed by atoms with E-state index in [0.29, 0.717) is 53.4 Å². The van der Waals surface area contributed by atoms with Crippen LogP contribution in [0.1, 0.15) is 16.5 Å². The molecular formula is C25H21ClFN5O2S. The Morgan fingerprint density at radius 1 is 1.00 bits per heavy atom. The molecule has 4 heterocycles. The van der Waals surface area contributed by atoms with Crippen LogP contribution in [-0.2, 0) is 0 Å².